The van der Waals surface area contributed by atoms with E-state index in [1.165, 1.54) is 11.4 Å². The predicted molar refractivity (Wildman–Crippen MR) is 100 cm³/mol. The number of carboxylic acids is 1. The van der Waals surface area contributed by atoms with E-state index in [1.807, 2.05) is 12.1 Å². The standard InChI is InChI=1S/C20H23N3O2/c24-20(25)16-6-7-19-15(13-16)3-2-10-23(19)18-5-1-4-17(14-18)22-11-8-21-9-12-22/h1,4-7,13-14,21H,2-3,8-12H2,(H,24,25). The van der Waals surface area contributed by atoms with Crippen molar-refractivity contribution in [3.05, 3.63) is 53.6 Å². The molecule has 1 fully saturated rings. The zero-order valence-electron chi connectivity index (χ0n) is 14.2. The van der Waals surface area contributed by atoms with E-state index in [0.29, 0.717) is 5.56 Å². The highest BCUT2D eigenvalue weighted by Gasteiger charge is 2.20. The molecule has 2 aromatic rings. The van der Waals surface area contributed by atoms with E-state index in [2.05, 4.69) is 39.4 Å². The average Bonchev–Trinajstić information content (AvgIpc) is 2.68. The fourth-order valence-electron chi connectivity index (χ4n) is 3.78. The first kappa shape index (κ1) is 16.0. The molecule has 2 N–H and O–H groups in total. The highest BCUT2D eigenvalue weighted by atomic mass is 16.4. The molecular formula is C20H23N3O2. The molecule has 25 heavy (non-hydrogen) atoms. The molecule has 5 nitrogen and oxygen atoms in total. The number of nitrogens with one attached hydrogen (secondary N) is 1. The summed E-state index contributed by atoms with van der Waals surface area (Å²) < 4.78 is 0. The van der Waals surface area contributed by atoms with Crippen LogP contribution in [0.25, 0.3) is 0 Å². The van der Waals surface area contributed by atoms with Gasteiger partial charge in [0.15, 0.2) is 0 Å². The summed E-state index contributed by atoms with van der Waals surface area (Å²) in [6.45, 7) is 5.07. The van der Waals surface area contributed by atoms with Gasteiger partial charge in [-0.3, -0.25) is 0 Å². The van der Waals surface area contributed by atoms with Crippen molar-refractivity contribution in [2.75, 3.05) is 42.5 Å². The molecule has 2 aromatic carbocycles. The van der Waals surface area contributed by atoms with Gasteiger partial charge in [-0.1, -0.05) is 6.07 Å². The Hall–Kier alpha value is -2.53. The Morgan fingerprint density at radius 2 is 1.80 bits per heavy atom. The molecule has 0 unspecified atom stereocenters. The summed E-state index contributed by atoms with van der Waals surface area (Å²) in [4.78, 5) is 16.0. The van der Waals surface area contributed by atoms with Crippen LogP contribution in [0.5, 0.6) is 0 Å². The summed E-state index contributed by atoms with van der Waals surface area (Å²) in [7, 11) is 0. The van der Waals surface area contributed by atoms with Gasteiger partial charge in [-0.05, 0) is 54.8 Å². The molecule has 0 aromatic heterocycles. The van der Waals surface area contributed by atoms with Gasteiger partial charge in [0, 0.05) is 49.8 Å². The van der Waals surface area contributed by atoms with E-state index in [-0.39, 0.29) is 0 Å². The normalized spacial score (nSPS) is 17.3. The third-order valence-electron chi connectivity index (χ3n) is 5.07. The molecule has 0 spiro atoms. The molecule has 0 aliphatic carbocycles. The smallest absolute Gasteiger partial charge is 0.335 e. The maximum absolute atomic E-state index is 11.2. The summed E-state index contributed by atoms with van der Waals surface area (Å²) in [6.07, 6.45) is 1.97. The van der Waals surface area contributed by atoms with Gasteiger partial charge >= 0.3 is 5.97 Å². The summed E-state index contributed by atoms with van der Waals surface area (Å²) in [5, 5.41) is 12.6. The van der Waals surface area contributed by atoms with Gasteiger partial charge in [-0.2, -0.15) is 0 Å². The molecular weight excluding hydrogens is 314 g/mol. The van der Waals surface area contributed by atoms with Gasteiger partial charge in [0.05, 0.1) is 5.56 Å². The number of piperazine rings is 1. The fraction of sp³-hybridized carbons (Fsp3) is 0.350. The van der Waals surface area contributed by atoms with Gasteiger partial charge in [0.25, 0.3) is 0 Å². The monoisotopic (exact) mass is 337 g/mol. The lowest BCUT2D eigenvalue weighted by molar-refractivity contribution is 0.0697. The van der Waals surface area contributed by atoms with Crippen molar-refractivity contribution in [3.63, 3.8) is 0 Å². The Labute approximate surface area is 147 Å². The number of nitrogens with zero attached hydrogens (tertiary/aromatic N) is 2. The fourth-order valence-corrected chi connectivity index (χ4v) is 3.78. The van der Waals surface area contributed by atoms with Crippen LogP contribution in [0, 0.1) is 0 Å². The van der Waals surface area contributed by atoms with E-state index in [9.17, 15) is 9.90 Å². The zero-order chi connectivity index (χ0) is 17.2. The summed E-state index contributed by atoms with van der Waals surface area (Å²) in [6, 6.07) is 14.2. The van der Waals surface area contributed by atoms with Crippen molar-refractivity contribution >= 4 is 23.0 Å². The summed E-state index contributed by atoms with van der Waals surface area (Å²) >= 11 is 0. The molecule has 2 heterocycles. The number of anilines is 3. The van der Waals surface area contributed by atoms with Gasteiger partial charge in [0.2, 0.25) is 0 Å². The first-order valence-corrected chi connectivity index (χ1v) is 8.92. The highest BCUT2D eigenvalue weighted by molar-refractivity contribution is 5.89. The van der Waals surface area contributed by atoms with Gasteiger partial charge in [-0.25, -0.2) is 4.79 Å². The number of fused-ring (bicyclic) bond motifs is 1. The molecule has 130 valence electrons. The second-order valence-electron chi connectivity index (χ2n) is 6.66. The van der Waals surface area contributed by atoms with Crippen LogP contribution in [-0.2, 0) is 6.42 Å². The predicted octanol–water partition coefficient (Wildman–Crippen LogP) is 2.88. The van der Waals surface area contributed by atoms with E-state index in [0.717, 1.165) is 56.8 Å². The number of benzene rings is 2. The Balaban J connectivity index is 1.66. The van der Waals surface area contributed by atoms with Crippen molar-refractivity contribution in [1.82, 2.24) is 5.32 Å². The van der Waals surface area contributed by atoms with Gasteiger partial charge in [0.1, 0.15) is 0 Å². The lowest BCUT2D eigenvalue weighted by Crippen LogP contribution is -2.43. The van der Waals surface area contributed by atoms with Crippen LogP contribution < -0.4 is 15.1 Å². The molecule has 1 saturated heterocycles. The highest BCUT2D eigenvalue weighted by Crippen LogP contribution is 2.35. The number of rotatable bonds is 3. The zero-order valence-corrected chi connectivity index (χ0v) is 14.2. The second kappa shape index (κ2) is 6.76. The maximum Gasteiger partial charge on any atom is 0.335 e. The molecule has 4 rings (SSSR count). The van der Waals surface area contributed by atoms with Gasteiger partial charge in [-0.15, -0.1) is 0 Å². The molecule has 0 saturated carbocycles. The van der Waals surface area contributed by atoms with Crippen molar-refractivity contribution in [2.24, 2.45) is 0 Å². The van der Waals surface area contributed by atoms with Crippen LogP contribution in [0.15, 0.2) is 42.5 Å². The Bertz CT molecular complexity index is 784. The maximum atomic E-state index is 11.2. The summed E-state index contributed by atoms with van der Waals surface area (Å²) in [5.74, 6) is -0.861. The van der Waals surface area contributed by atoms with Crippen LogP contribution in [0.4, 0.5) is 17.1 Å². The molecule has 5 heteroatoms. The quantitative estimate of drug-likeness (QED) is 0.902. The molecule has 2 aliphatic rings. The van der Waals surface area contributed by atoms with Crippen molar-refractivity contribution in [1.29, 1.82) is 0 Å². The minimum Gasteiger partial charge on any atom is -0.478 e. The largest absolute Gasteiger partial charge is 0.478 e. The summed E-state index contributed by atoms with van der Waals surface area (Å²) in [5.41, 5.74) is 5.07. The molecule has 0 amide bonds. The van der Waals surface area contributed by atoms with Crippen LogP contribution in [0.2, 0.25) is 0 Å². The topological polar surface area (TPSA) is 55.8 Å². The number of carboxylic acid groups (broad SMARTS) is 1. The van der Waals surface area contributed by atoms with Crippen molar-refractivity contribution in [3.8, 4) is 0 Å². The molecule has 0 radical (unpaired) electrons. The number of carbonyl (C=O) groups is 1. The number of aryl methyl sites for hydroxylation is 1. The lowest BCUT2D eigenvalue weighted by Gasteiger charge is -2.34. The Morgan fingerprint density at radius 3 is 2.60 bits per heavy atom. The second-order valence-corrected chi connectivity index (χ2v) is 6.66. The molecule has 2 aliphatic heterocycles. The Kier molecular flexibility index (Phi) is 4.32. The molecule has 0 atom stereocenters. The third kappa shape index (κ3) is 3.20. The minimum atomic E-state index is -0.861. The van der Waals surface area contributed by atoms with E-state index in [1.54, 1.807) is 6.07 Å². The Morgan fingerprint density at radius 1 is 1.00 bits per heavy atom. The number of hydrogen-bond acceptors (Lipinski definition) is 4. The SMILES string of the molecule is O=C(O)c1ccc2c(c1)CCCN2c1cccc(N2CCNCC2)c1. The van der Waals surface area contributed by atoms with Crippen molar-refractivity contribution < 1.29 is 9.90 Å². The number of aromatic carboxylic acids is 1. The minimum absolute atomic E-state index is 0.371. The van der Waals surface area contributed by atoms with Crippen LogP contribution in [0.1, 0.15) is 22.3 Å². The van der Waals surface area contributed by atoms with E-state index in [4.69, 9.17) is 0 Å². The van der Waals surface area contributed by atoms with Crippen molar-refractivity contribution in [2.45, 2.75) is 12.8 Å². The lowest BCUT2D eigenvalue weighted by atomic mass is 9.98. The first-order chi connectivity index (χ1) is 12.2. The van der Waals surface area contributed by atoms with Crippen LogP contribution in [0.3, 0.4) is 0 Å². The van der Waals surface area contributed by atoms with E-state index >= 15 is 0 Å². The van der Waals surface area contributed by atoms with Crippen LogP contribution >= 0.6 is 0 Å². The number of hydrogen-bond donors (Lipinski definition) is 2. The average molecular weight is 337 g/mol. The molecule has 0 bridgehead atoms. The van der Waals surface area contributed by atoms with E-state index < -0.39 is 5.97 Å². The third-order valence-corrected chi connectivity index (χ3v) is 5.07. The first-order valence-electron chi connectivity index (χ1n) is 8.92. The van der Waals surface area contributed by atoms with Gasteiger partial charge < -0.3 is 20.2 Å². The van der Waals surface area contributed by atoms with Crippen LogP contribution in [-0.4, -0.2) is 43.8 Å².